The third-order valence-corrected chi connectivity index (χ3v) is 10.8. The first-order valence-electron chi connectivity index (χ1n) is 19.2. The van der Waals surface area contributed by atoms with Crippen molar-refractivity contribution >= 4 is 37.9 Å². The first-order valence-corrected chi connectivity index (χ1v) is 20.8. The van der Waals surface area contributed by atoms with Crippen molar-refractivity contribution in [2.24, 2.45) is 0 Å². The van der Waals surface area contributed by atoms with Crippen LogP contribution in [0.25, 0.3) is 19.4 Å². The average Bonchev–Trinajstić information content (AvgIpc) is 3.25. The highest BCUT2D eigenvalue weighted by atomic mass is 32.1. The molecule has 19 heteroatoms. The predicted octanol–water partition coefficient (Wildman–Crippen LogP) is 5.16. The maximum absolute atomic E-state index is 9.81. The Bertz CT molecular complexity index is 1920. The molecule has 0 aliphatic heterocycles. The minimum Gasteiger partial charge on any atom is -0.395 e. The summed E-state index contributed by atoms with van der Waals surface area (Å²) in [7, 11) is 0. The summed E-state index contributed by atoms with van der Waals surface area (Å²) in [6.45, 7) is 35.0. The molecule has 3 unspecified atom stereocenters. The van der Waals surface area contributed by atoms with E-state index in [1.807, 2.05) is 24.3 Å². The highest BCUT2D eigenvalue weighted by Gasteiger charge is 2.28. The van der Waals surface area contributed by atoms with Gasteiger partial charge in [0.1, 0.15) is 23.8 Å². The van der Waals surface area contributed by atoms with E-state index in [0.29, 0.717) is 157 Å². The lowest BCUT2D eigenvalue weighted by atomic mass is 9.88. The summed E-state index contributed by atoms with van der Waals surface area (Å²) in [4.78, 5) is 16.0. The Morgan fingerprint density at radius 2 is 0.934 bits per heavy atom. The second-order valence-electron chi connectivity index (χ2n) is 13.7. The van der Waals surface area contributed by atoms with E-state index in [1.165, 1.54) is 0 Å². The van der Waals surface area contributed by atoms with Crippen LogP contribution in [0.1, 0.15) is 38.5 Å². The lowest BCUT2D eigenvalue weighted by molar-refractivity contribution is 0.0550. The van der Waals surface area contributed by atoms with E-state index in [1.54, 1.807) is 0 Å². The smallest absolute Gasteiger partial charge is 0.255 e. The van der Waals surface area contributed by atoms with Gasteiger partial charge in [0.15, 0.2) is 11.4 Å². The molecule has 16 nitrogen and oxygen atoms in total. The molecule has 314 valence electrons. The van der Waals surface area contributed by atoms with Crippen LogP contribution >= 0.6 is 37.9 Å². The van der Waals surface area contributed by atoms with Gasteiger partial charge in [0.25, 0.3) is 11.4 Å². The van der Waals surface area contributed by atoms with Crippen LogP contribution in [0.3, 0.4) is 0 Å². The van der Waals surface area contributed by atoms with Crippen LogP contribution in [0, 0.1) is 82.9 Å². The summed E-state index contributed by atoms with van der Waals surface area (Å²) in [6, 6.07) is 9.67. The quantitative estimate of drug-likeness (QED) is 0.0384. The van der Waals surface area contributed by atoms with Gasteiger partial charge in [-0.2, -0.15) is 53.7 Å². The Hall–Kier alpha value is -5.86. The van der Waals surface area contributed by atoms with Gasteiger partial charge in [-0.05, 0) is 43.3 Å². The lowest BCUT2D eigenvalue weighted by Gasteiger charge is -2.26. The van der Waals surface area contributed by atoms with Gasteiger partial charge in [-0.3, -0.25) is 4.90 Å². The summed E-state index contributed by atoms with van der Waals surface area (Å²) in [5.41, 5.74) is 3.73. The molecule has 61 heavy (non-hydrogen) atoms. The zero-order valence-corrected chi connectivity index (χ0v) is 36.2. The molecule has 0 aromatic heterocycles. The normalized spacial score (nSPS) is 20.3. The molecule has 0 bridgehead atoms. The summed E-state index contributed by atoms with van der Waals surface area (Å²) in [6.07, 6.45) is 2.60. The zero-order valence-electron chi connectivity index (χ0n) is 33.5. The number of nitriles is 5. The number of rotatable bonds is 21. The number of allylic oxidation sites excluding steroid dienone is 10. The highest BCUT2D eigenvalue weighted by molar-refractivity contribution is 7.81. The van der Waals surface area contributed by atoms with Crippen LogP contribution in [0.4, 0.5) is 0 Å². The first kappa shape index (κ1) is 49.5. The van der Waals surface area contributed by atoms with Gasteiger partial charge in [-0.15, -0.1) is 0 Å². The van der Waals surface area contributed by atoms with Gasteiger partial charge < -0.3 is 30.2 Å². The second-order valence-corrected chi connectivity index (χ2v) is 15.9. The molecule has 0 spiro atoms. The topological polar surface area (TPSA) is 203 Å². The zero-order chi connectivity index (χ0) is 44.6. The number of nitrogens with zero attached hydrogens (tertiary/aromatic N) is 10. The molecule has 3 N–H and O–H groups in total. The predicted molar refractivity (Wildman–Crippen MR) is 236 cm³/mol. The lowest BCUT2D eigenvalue weighted by Crippen LogP contribution is -2.35. The summed E-state index contributed by atoms with van der Waals surface area (Å²) in [5, 5.41) is 56.7. The fourth-order valence-corrected chi connectivity index (χ4v) is 7.91. The minimum atomic E-state index is -0.144. The van der Waals surface area contributed by atoms with E-state index < -0.39 is 0 Å². The SMILES string of the molecule is [C-]#[N+]C1=C(NCCOCCN(CCOCCNC2=C(C#N)C(=C(C#N)C#N)CC(S)C2)CCOCCNC2=C([N+]#[C-])/C(=C(/C#N)[N+]#[C-])CC(S)C2)CC(S)C/C1=C(\C#N)[N+]#[C-]. The Kier molecular flexibility index (Phi) is 22.0. The summed E-state index contributed by atoms with van der Waals surface area (Å²) in [5.74, 6) is 0. The second kappa shape index (κ2) is 27.1. The van der Waals surface area contributed by atoms with Crippen LogP contribution in [0.5, 0.6) is 0 Å². The molecule has 0 radical (unpaired) electrons. The molecule has 0 amide bonds. The number of nitrogens with one attached hydrogen (secondary N) is 3. The van der Waals surface area contributed by atoms with Crippen molar-refractivity contribution in [2.45, 2.75) is 54.3 Å². The third kappa shape index (κ3) is 15.0. The monoisotopic (exact) mass is 875 g/mol. The molecule has 3 rings (SSSR count). The number of ether oxygens (including phenoxy) is 3. The maximum atomic E-state index is 9.81. The van der Waals surface area contributed by atoms with Crippen molar-refractivity contribution in [1.82, 2.24) is 20.9 Å². The molecule has 0 saturated heterocycles. The van der Waals surface area contributed by atoms with Gasteiger partial charge in [-0.1, -0.05) is 0 Å². The van der Waals surface area contributed by atoms with Gasteiger partial charge in [0.05, 0.1) is 83.6 Å². The van der Waals surface area contributed by atoms with E-state index in [4.69, 9.17) is 40.5 Å². The van der Waals surface area contributed by atoms with Crippen LogP contribution in [-0.4, -0.2) is 99.6 Å². The van der Waals surface area contributed by atoms with E-state index in [-0.39, 0.29) is 44.1 Å². The van der Waals surface area contributed by atoms with Crippen LogP contribution in [-0.2, 0) is 14.2 Å². The van der Waals surface area contributed by atoms with Gasteiger partial charge >= 0.3 is 0 Å². The number of hydrogen-bond acceptors (Lipinski definition) is 15. The minimum absolute atomic E-state index is 0.0884. The third-order valence-electron chi connectivity index (χ3n) is 9.66. The van der Waals surface area contributed by atoms with Crippen LogP contribution in [0.2, 0.25) is 0 Å². The first-order chi connectivity index (χ1) is 29.6. The van der Waals surface area contributed by atoms with Crippen molar-refractivity contribution in [3.8, 4) is 30.3 Å². The van der Waals surface area contributed by atoms with Gasteiger partial charge in [0, 0.05) is 84.1 Å². The van der Waals surface area contributed by atoms with E-state index in [9.17, 15) is 26.3 Å². The molecule has 0 heterocycles. The molecule has 0 aromatic rings. The molecule has 3 atom stereocenters. The number of thiol groups is 3. The highest BCUT2D eigenvalue weighted by Crippen LogP contribution is 2.36. The fourth-order valence-electron chi connectivity index (χ4n) is 6.81. The van der Waals surface area contributed by atoms with Crippen molar-refractivity contribution < 1.29 is 14.2 Å². The molecule has 0 saturated carbocycles. The van der Waals surface area contributed by atoms with Gasteiger partial charge in [-0.25, -0.2) is 29.9 Å². The average molecular weight is 876 g/mol. The molecule has 3 aliphatic carbocycles. The van der Waals surface area contributed by atoms with Crippen molar-refractivity contribution in [3.63, 3.8) is 0 Å². The fraction of sp³-hybridized carbons (Fsp3) is 0.500. The molecular weight excluding hydrogens is 831 g/mol. The molecule has 0 fully saturated rings. The van der Waals surface area contributed by atoms with Crippen molar-refractivity contribution in [3.05, 3.63) is 113 Å². The van der Waals surface area contributed by atoms with Crippen LogP contribution in [0.15, 0.2) is 67.7 Å². The van der Waals surface area contributed by atoms with Gasteiger partial charge in [0.2, 0.25) is 0 Å². The Balaban J connectivity index is 1.55. The van der Waals surface area contributed by atoms with E-state index >= 15 is 0 Å². The van der Waals surface area contributed by atoms with Crippen molar-refractivity contribution in [2.75, 3.05) is 78.9 Å². The van der Waals surface area contributed by atoms with E-state index in [2.05, 4.69) is 84.2 Å². The number of hydrogen-bond donors (Lipinski definition) is 6. The summed E-state index contributed by atoms with van der Waals surface area (Å²) < 4.78 is 17.8. The van der Waals surface area contributed by atoms with Crippen molar-refractivity contribution in [1.29, 1.82) is 26.3 Å². The standard InChI is InChI=1S/C42H45N13O3S3/c1-48-39(26-46)33-18-30(60)21-37(41(33)50-3)53-6-12-57-15-9-55(8-14-56-11-5-52-36-20-29(59)17-32(35(36)25-45)28(23-43)24-44)10-16-58-13-7-54-38-22-31(61)19-34(42(38)51-4)40(27-47)49-2/h29-31,52-54,59-61H,5-22H2/b39-33-,40-34-. The Morgan fingerprint density at radius 3 is 1.28 bits per heavy atom. The Labute approximate surface area is 374 Å². The largest absolute Gasteiger partial charge is 0.395 e. The maximum Gasteiger partial charge on any atom is 0.255 e. The molecule has 3 aliphatic rings. The Morgan fingerprint density at radius 1 is 0.557 bits per heavy atom. The molecular formula is C42H45N13O3S3. The van der Waals surface area contributed by atoms with E-state index in [0.717, 1.165) is 0 Å². The summed E-state index contributed by atoms with van der Waals surface area (Å²) >= 11 is 13.7. The molecule has 0 aromatic carbocycles. The van der Waals surface area contributed by atoms with Crippen LogP contribution < -0.4 is 16.0 Å².